The monoisotopic (exact) mass is 198 g/mol. The smallest absolute Gasteiger partial charge is 0.144 e. The van der Waals surface area contributed by atoms with Crippen molar-refractivity contribution in [2.75, 3.05) is 5.32 Å². The standard InChI is InChI=1S/C10H15ClN2/c1-3-5-8(2)13-10-9(11)6-4-7-12-10/h4,6-8H,3,5H2,1-2H3,(H,12,13). The van der Waals surface area contributed by atoms with Crippen LogP contribution in [0.3, 0.4) is 0 Å². The van der Waals surface area contributed by atoms with E-state index in [9.17, 15) is 0 Å². The summed E-state index contributed by atoms with van der Waals surface area (Å²) >= 11 is 5.94. The number of halogens is 1. The highest BCUT2D eigenvalue weighted by Gasteiger charge is 2.03. The van der Waals surface area contributed by atoms with E-state index >= 15 is 0 Å². The first-order chi connectivity index (χ1) is 6.24. The van der Waals surface area contributed by atoms with Crippen molar-refractivity contribution in [3.8, 4) is 0 Å². The summed E-state index contributed by atoms with van der Waals surface area (Å²) in [5.41, 5.74) is 0. The average Bonchev–Trinajstić information content (AvgIpc) is 2.09. The predicted molar refractivity (Wildman–Crippen MR) is 57.2 cm³/mol. The van der Waals surface area contributed by atoms with Crippen LogP contribution in [0.1, 0.15) is 26.7 Å². The van der Waals surface area contributed by atoms with Gasteiger partial charge in [0.25, 0.3) is 0 Å². The lowest BCUT2D eigenvalue weighted by molar-refractivity contribution is 0.687. The minimum absolute atomic E-state index is 0.428. The van der Waals surface area contributed by atoms with Gasteiger partial charge in [-0.1, -0.05) is 24.9 Å². The Morgan fingerprint density at radius 3 is 3.00 bits per heavy atom. The quantitative estimate of drug-likeness (QED) is 0.803. The van der Waals surface area contributed by atoms with Gasteiger partial charge in [-0.25, -0.2) is 4.98 Å². The van der Waals surface area contributed by atoms with E-state index < -0.39 is 0 Å². The van der Waals surface area contributed by atoms with Crippen LogP contribution in [0.5, 0.6) is 0 Å². The zero-order valence-corrected chi connectivity index (χ0v) is 8.80. The van der Waals surface area contributed by atoms with Crippen LogP contribution in [0.2, 0.25) is 5.02 Å². The normalized spacial score (nSPS) is 12.5. The maximum Gasteiger partial charge on any atom is 0.144 e. The van der Waals surface area contributed by atoms with Crippen molar-refractivity contribution in [1.82, 2.24) is 4.98 Å². The molecule has 1 N–H and O–H groups in total. The highest BCUT2D eigenvalue weighted by Crippen LogP contribution is 2.18. The molecule has 1 rings (SSSR count). The Balaban J connectivity index is 2.58. The van der Waals surface area contributed by atoms with Gasteiger partial charge in [0.15, 0.2) is 0 Å². The molecule has 0 fully saturated rings. The summed E-state index contributed by atoms with van der Waals surface area (Å²) in [6.07, 6.45) is 4.04. The minimum atomic E-state index is 0.428. The van der Waals surface area contributed by atoms with Gasteiger partial charge in [0, 0.05) is 12.2 Å². The molecule has 0 radical (unpaired) electrons. The molecule has 1 atom stereocenters. The lowest BCUT2D eigenvalue weighted by Crippen LogP contribution is -2.15. The lowest BCUT2D eigenvalue weighted by Gasteiger charge is -2.13. The van der Waals surface area contributed by atoms with E-state index in [0.29, 0.717) is 11.1 Å². The Morgan fingerprint density at radius 1 is 1.62 bits per heavy atom. The molecule has 0 saturated carbocycles. The Morgan fingerprint density at radius 2 is 2.38 bits per heavy atom. The van der Waals surface area contributed by atoms with E-state index in [-0.39, 0.29) is 0 Å². The zero-order chi connectivity index (χ0) is 9.68. The van der Waals surface area contributed by atoms with E-state index in [2.05, 4.69) is 24.1 Å². The predicted octanol–water partition coefficient (Wildman–Crippen LogP) is 3.34. The van der Waals surface area contributed by atoms with Crippen molar-refractivity contribution in [3.05, 3.63) is 23.4 Å². The molecule has 13 heavy (non-hydrogen) atoms. The molecule has 0 bridgehead atoms. The molecule has 1 aromatic rings. The Bertz CT molecular complexity index is 263. The highest BCUT2D eigenvalue weighted by molar-refractivity contribution is 6.32. The van der Waals surface area contributed by atoms with E-state index in [0.717, 1.165) is 12.2 Å². The van der Waals surface area contributed by atoms with Gasteiger partial charge >= 0.3 is 0 Å². The van der Waals surface area contributed by atoms with Gasteiger partial charge in [-0.15, -0.1) is 0 Å². The van der Waals surface area contributed by atoms with Crippen LogP contribution in [-0.4, -0.2) is 11.0 Å². The van der Waals surface area contributed by atoms with Gasteiger partial charge in [-0.3, -0.25) is 0 Å². The van der Waals surface area contributed by atoms with Crippen LogP contribution in [0, 0.1) is 0 Å². The molecule has 1 unspecified atom stereocenters. The molecule has 0 aromatic carbocycles. The summed E-state index contributed by atoms with van der Waals surface area (Å²) in [6.45, 7) is 4.30. The topological polar surface area (TPSA) is 24.9 Å². The summed E-state index contributed by atoms with van der Waals surface area (Å²) < 4.78 is 0. The van der Waals surface area contributed by atoms with Crippen molar-refractivity contribution < 1.29 is 0 Å². The van der Waals surface area contributed by atoms with Crippen LogP contribution < -0.4 is 5.32 Å². The molecular weight excluding hydrogens is 184 g/mol. The average molecular weight is 199 g/mol. The molecule has 0 amide bonds. The van der Waals surface area contributed by atoms with Gasteiger partial charge < -0.3 is 5.32 Å². The first kappa shape index (κ1) is 10.3. The van der Waals surface area contributed by atoms with E-state index in [1.54, 1.807) is 6.20 Å². The van der Waals surface area contributed by atoms with Crippen LogP contribution in [-0.2, 0) is 0 Å². The summed E-state index contributed by atoms with van der Waals surface area (Å²) in [7, 11) is 0. The van der Waals surface area contributed by atoms with Crippen LogP contribution in [0.15, 0.2) is 18.3 Å². The van der Waals surface area contributed by atoms with Crippen molar-refractivity contribution in [3.63, 3.8) is 0 Å². The molecule has 0 aliphatic rings. The lowest BCUT2D eigenvalue weighted by atomic mass is 10.2. The largest absolute Gasteiger partial charge is 0.366 e. The van der Waals surface area contributed by atoms with Gasteiger partial charge in [0.05, 0.1) is 5.02 Å². The molecule has 0 spiro atoms. The zero-order valence-electron chi connectivity index (χ0n) is 8.05. The first-order valence-electron chi connectivity index (χ1n) is 4.61. The molecule has 3 heteroatoms. The molecule has 72 valence electrons. The number of nitrogens with one attached hydrogen (secondary N) is 1. The number of hydrogen-bond acceptors (Lipinski definition) is 2. The molecule has 0 aliphatic carbocycles. The van der Waals surface area contributed by atoms with Gasteiger partial charge in [-0.2, -0.15) is 0 Å². The van der Waals surface area contributed by atoms with Crippen molar-refractivity contribution in [1.29, 1.82) is 0 Å². The number of hydrogen-bond donors (Lipinski definition) is 1. The van der Waals surface area contributed by atoms with Crippen LogP contribution >= 0.6 is 11.6 Å². The Kier molecular flexibility index (Phi) is 4.03. The molecule has 2 nitrogen and oxygen atoms in total. The molecule has 0 saturated heterocycles. The second-order valence-electron chi connectivity index (χ2n) is 3.17. The van der Waals surface area contributed by atoms with E-state index in [1.165, 1.54) is 6.42 Å². The molecule has 0 aliphatic heterocycles. The summed E-state index contributed by atoms with van der Waals surface area (Å²) in [4.78, 5) is 4.16. The molecule has 1 aromatic heterocycles. The first-order valence-corrected chi connectivity index (χ1v) is 4.99. The highest BCUT2D eigenvalue weighted by atomic mass is 35.5. The van der Waals surface area contributed by atoms with Crippen molar-refractivity contribution in [2.45, 2.75) is 32.7 Å². The fraction of sp³-hybridized carbons (Fsp3) is 0.500. The number of nitrogens with zero attached hydrogens (tertiary/aromatic N) is 1. The van der Waals surface area contributed by atoms with Gasteiger partial charge in [-0.05, 0) is 25.5 Å². The van der Waals surface area contributed by atoms with E-state index in [4.69, 9.17) is 11.6 Å². The maximum absolute atomic E-state index is 5.94. The number of aromatic nitrogens is 1. The van der Waals surface area contributed by atoms with Crippen molar-refractivity contribution in [2.24, 2.45) is 0 Å². The Labute approximate surface area is 84.3 Å². The summed E-state index contributed by atoms with van der Waals surface area (Å²) in [5, 5.41) is 3.95. The number of pyridine rings is 1. The number of rotatable bonds is 4. The fourth-order valence-corrected chi connectivity index (χ4v) is 1.41. The third kappa shape index (κ3) is 3.23. The van der Waals surface area contributed by atoms with Gasteiger partial charge in [0.1, 0.15) is 5.82 Å². The van der Waals surface area contributed by atoms with Gasteiger partial charge in [0.2, 0.25) is 0 Å². The summed E-state index contributed by atoms with van der Waals surface area (Å²) in [6, 6.07) is 4.10. The maximum atomic E-state index is 5.94. The second-order valence-corrected chi connectivity index (χ2v) is 3.58. The second kappa shape index (κ2) is 5.07. The molecule has 1 heterocycles. The van der Waals surface area contributed by atoms with E-state index in [1.807, 2.05) is 12.1 Å². The third-order valence-electron chi connectivity index (χ3n) is 1.86. The van der Waals surface area contributed by atoms with Crippen LogP contribution in [0.4, 0.5) is 5.82 Å². The minimum Gasteiger partial charge on any atom is -0.366 e. The Hall–Kier alpha value is -0.760. The van der Waals surface area contributed by atoms with Crippen molar-refractivity contribution >= 4 is 17.4 Å². The SMILES string of the molecule is CCCC(C)Nc1ncccc1Cl. The summed E-state index contributed by atoms with van der Waals surface area (Å²) in [5.74, 6) is 0.783. The fourth-order valence-electron chi connectivity index (χ4n) is 1.23. The number of anilines is 1. The van der Waals surface area contributed by atoms with Crippen LogP contribution in [0.25, 0.3) is 0 Å². The third-order valence-corrected chi connectivity index (χ3v) is 2.17. The molecular formula is C10H15ClN2.